The molecule has 3 nitrogen and oxygen atoms in total. The van der Waals surface area contributed by atoms with E-state index in [2.05, 4.69) is 59.8 Å². The molecule has 0 aromatic carbocycles. The van der Waals surface area contributed by atoms with Crippen molar-refractivity contribution in [3.8, 4) is 0 Å². The van der Waals surface area contributed by atoms with E-state index in [9.17, 15) is 9.90 Å². The van der Waals surface area contributed by atoms with Crippen LogP contribution in [-0.2, 0) is 9.53 Å². The molecule has 48 heavy (non-hydrogen) atoms. The molecule has 0 aromatic heterocycles. The van der Waals surface area contributed by atoms with E-state index in [0.717, 1.165) is 49.9 Å². The summed E-state index contributed by atoms with van der Waals surface area (Å²) in [6.07, 6.45) is 35.9. The Morgan fingerprint density at radius 3 is 2.19 bits per heavy atom. The molecular formula is C45H78O3. The lowest BCUT2D eigenvalue weighted by Gasteiger charge is -2.59. The summed E-state index contributed by atoms with van der Waals surface area (Å²) in [7, 11) is 0. The summed E-state index contributed by atoms with van der Waals surface area (Å²) >= 11 is 0. The Morgan fingerprint density at radius 1 is 0.833 bits per heavy atom. The number of rotatable bonds is 21. The molecule has 0 amide bonds. The predicted octanol–water partition coefficient (Wildman–Crippen LogP) is 12.9. The molecule has 3 heteroatoms. The third-order valence-electron chi connectivity index (χ3n) is 14.2. The summed E-state index contributed by atoms with van der Waals surface area (Å²) in [5.74, 6) is 3.98. The second-order valence-corrected chi connectivity index (χ2v) is 18.1. The third-order valence-corrected chi connectivity index (χ3v) is 14.2. The monoisotopic (exact) mass is 667 g/mol. The smallest absolute Gasteiger partial charge is 0.306 e. The maximum atomic E-state index is 12.8. The molecule has 276 valence electrons. The van der Waals surface area contributed by atoms with Crippen LogP contribution in [0.25, 0.3) is 0 Å². The van der Waals surface area contributed by atoms with Crippen molar-refractivity contribution in [2.45, 2.75) is 208 Å². The molecule has 0 radical (unpaired) electrons. The molecule has 0 aliphatic heterocycles. The quantitative estimate of drug-likeness (QED) is 0.0753. The van der Waals surface area contributed by atoms with E-state index < -0.39 is 0 Å². The zero-order chi connectivity index (χ0) is 34.6. The number of carbonyl (C=O) groups excluding carboxylic acids is 1. The number of allylic oxidation sites excluding steroid dienone is 2. The van der Waals surface area contributed by atoms with Crippen LogP contribution in [0.4, 0.5) is 0 Å². The molecule has 0 bridgehead atoms. The van der Waals surface area contributed by atoms with Crippen LogP contribution in [0.5, 0.6) is 0 Å². The zero-order valence-electron chi connectivity index (χ0n) is 32.6. The number of aliphatic hydroxyl groups is 1. The van der Waals surface area contributed by atoms with Gasteiger partial charge < -0.3 is 9.84 Å². The van der Waals surface area contributed by atoms with Gasteiger partial charge in [-0.15, -0.1) is 0 Å². The van der Waals surface area contributed by atoms with Crippen molar-refractivity contribution in [3.63, 3.8) is 0 Å². The van der Waals surface area contributed by atoms with Gasteiger partial charge in [0.2, 0.25) is 0 Å². The van der Waals surface area contributed by atoms with Crippen LogP contribution in [0.3, 0.4) is 0 Å². The van der Waals surface area contributed by atoms with E-state index in [-0.39, 0.29) is 23.6 Å². The first-order valence-corrected chi connectivity index (χ1v) is 21.3. The number of fused-ring (bicyclic) bond motifs is 5. The Hall–Kier alpha value is -1.09. The Morgan fingerprint density at radius 2 is 1.50 bits per heavy atom. The lowest BCUT2D eigenvalue weighted by atomic mass is 9.46. The minimum absolute atomic E-state index is 0.0102. The molecular weight excluding hydrogens is 588 g/mol. The number of unbranched alkanes of at least 4 members (excludes halogenated alkanes) is 11. The number of carbonyl (C=O) groups is 1. The highest BCUT2D eigenvalue weighted by atomic mass is 16.5. The molecule has 0 spiro atoms. The minimum Gasteiger partial charge on any atom is -0.462 e. The van der Waals surface area contributed by atoms with Gasteiger partial charge in [0.05, 0.1) is 6.10 Å². The van der Waals surface area contributed by atoms with E-state index in [4.69, 9.17) is 4.74 Å². The first kappa shape index (κ1) is 39.7. The lowest BCUT2D eigenvalue weighted by Crippen LogP contribution is -2.55. The largest absolute Gasteiger partial charge is 0.462 e. The number of hydrogen-bond donors (Lipinski definition) is 1. The first-order chi connectivity index (χ1) is 23.1. The summed E-state index contributed by atoms with van der Waals surface area (Å²) in [5, 5.41) is 11.7. The van der Waals surface area contributed by atoms with Crippen LogP contribution >= 0.6 is 0 Å². The fraction of sp³-hybridized carbons (Fsp3) is 0.889. The average molecular weight is 667 g/mol. The van der Waals surface area contributed by atoms with Gasteiger partial charge in [-0.2, -0.15) is 0 Å². The van der Waals surface area contributed by atoms with Crippen LogP contribution in [0.2, 0.25) is 0 Å². The second kappa shape index (κ2) is 19.5. The maximum Gasteiger partial charge on any atom is 0.306 e. The molecule has 9 atom stereocenters. The Bertz CT molecular complexity index is 1010. The highest BCUT2D eigenvalue weighted by Crippen LogP contribution is 2.67. The van der Waals surface area contributed by atoms with E-state index in [1.54, 1.807) is 0 Å². The van der Waals surface area contributed by atoms with Crippen molar-refractivity contribution >= 4 is 5.97 Å². The van der Waals surface area contributed by atoms with Gasteiger partial charge in [0.15, 0.2) is 0 Å². The Kier molecular flexibility index (Phi) is 16.1. The number of aliphatic hydroxyl groups excluding tert-OH is 1. The second-order valence-electron chi connectivity index (χ2n) is 18.1. The standard InChI is InChI=1S/C45H78O3/c1-7-8-9-10-11-12-13-14-15-16-17-18-19-20-21-25-42(47)48-37-28-30-44(5)36(32-37)33-41(46)43-39-27-26-38(35(4)24-22-23-34(2)3)45(39,6)31-29-40(43)44/h14-15,33-35,37-41,43,46H,7-13,16-32H2,1-6H3/b15-14+/t35-,37+,38-,39?,40+,41+,43?,44+,45-/m1/s1. The van der Waals surface area contributed by atoms with Crippen molar-refractivity contribution in [1.29, 1.82) is 0 Å². The predicted molar refractivity (Wildman–Crippen MR) is 204 cm³/mol. The van der Waals surface area contributed by atoms with Crippen molar-refractivity contribution in [1.82, 2.24) is 0 Å². The van der Waals surface area contributed by atoms with Crippen LogP contribution < -0.4 is 0 Å². The van der Waals surface area contributed by atoms with Gasteiger partial charge in [0, 0.05) is 12.8 Å². The lowest BCUT2D eigenvalue weighted by molar-refractivity contribution is -0.152. The molecule has 0 heterocycles. The molecule has 0 saturated heterocycles. The van der Waals surface area contributed by atoms with E-state index in [1.807, 2.05) is 0 Å². The molecule has 3 fully saturated rings. The highest BCUT2D eigenvalue weighted by Gasteiger charge is 2.61. The Labute approximate surface area is 297 Å². The molecule has 1 N–H and O–H groups in total. The molecule has 4 aliphatic rings. The van der Waals surface area contributed by atoms with Gasteiger partial charge in [-0.25, -0.2) is 0 Å². The summed E-state index contributed by atoms with van der Waals surface area (Å²) in [4.78, 5) is 12.8. The molecule has 4 aliphatic carbocycles. The summed E-state index contributed by atoms with van der Waals surface area (Å²) in [6.45, 7) is 14.6. The number of ether oxygens (including phenoxy) is 1. The van der Waals surface area contributed by atoms with Gasteiger partial charge in [0.25, 0.3) is 0 Å². The van der Waals surface area contributed by atoms with Gasteiger partial charge in [-0.1, -0.05) is 136 Å². The van der Waals surface area contributed by atoms with Gasteiger partial charge in [0.1, 0.15) is 6.10 Å². The van der Waals surface area contributed by atoms with Crippen LogP contribution in [-0.4, -0.2) is 23.3 Å². The topological polar surface area (TPSA) is 46.5 Å². The molecule has 2 unspecified atom stereocenters. The summed E-state index contributed by atoms with van der Waals surface area (Å²) in [5.41, 5.74) is 1.91. The fourth-order valence-electron chi connectivity index (χ4n) is 11.3. The first-order valence-electron chi connectivity index (χ1n) is 21.3. The number of hydrogen-bond acceptors (Lipinski definition) is 3. The minimum atomic E-state index is -0.344. The molecule has 0 aromatic rings. The summed E-state index contributed by atoms with van der Waals surface area (Å²) in [6, 6.07) is 0. The van der Waals surface area contributed by atoms with E-state index in [0.29, 0.717) is 29.6 Å². The molecule has 4 rings (SSSR count). The van der Waals surface area contributed by atoms with E-state index >= 15 is 0 Å². The van der Waals surface area contributed by atoms with Crippen molar-refractivity contribution in [2.75, 3.05) is 0 Å². The van der Waals surface area contributed by atoms with Crippen molar-refractivity contribution in [2.24, 2.45) is 46.3 Å². The zero-order valence-corrected chi connectivity index (χ0v) is 32.6. The molecule has 3 saturated carbocycles. The van der Waals surface area contributed by atoms with Crippen LogP contribution in [0.1, 0.15) is 196 Å². The maximum absolute atomic E-state index is 12.8. The third kappa shape index (κ3) is 10.5. The number of esters is 1. The van der Waals surface area contributed by atoms with Gasteiger partial charge in [-0.05, 0) is 117 Å². The highest BCUT2D eigenvalue weighted by molar-refractivity contribution is 5.69. The Balaban J connectivity index is 1.15. The van der Waals surface area contributed by atoms with Gasteiger partial charge >= 0.3 is 5.97 Å². The van der Waals surface area contributed by atoms with Crippen molar-refractivity contribution < 1.29 is 14.6 Å². The SMILES string of the molecule is CCCCCCCC/C=C/CCCCCCCC(=O)O[C@H]1CC[C@@]2(C)C(=C[C@H](O)C3C4CC[C@H]([C@H](C)CCCC(C)C)[C@@]4(C)CC[C@@H]32)C1. The normalized spacial score (nSPS) is 33.7. The summed E-state index contributed by atoms with van der Waals surface area (Å²) < 4.78 is 6.08. The van der Waals surface area contributed by atoms with E-state index in [1.165, 1.54) is 121 Å². The average Bonchev–Trinajstić information content (AvgIpc) is 3.40. The van der Waals surface area contributed by atoms with Crippen LogP contribution in [0.15, 0.2) is 23.8 Å². The van der Waals surface area contributed by atoms with Crippen LogP contribution in [0, 0.1) is 46.3 Å². The van der Waals surface area contributed by atoms with Gasteiger partial charge in [-0.3, -0.25) is 4.79 Å². The van der Waals surface area contributed by atoms with Crippen molar-refractivity contribution in [3.05, 3.63) is 23.8 Å². The fourth-order valence-corrected chi connectivity index (χ4v) is 11.3.